The number of hydrogen-bond acceptors (Lipinski definition) is 2. The van der Waals surface area contributed by atoms with Gasteiger partial charge in [0.25, 0.3) is 0 Å². The van der Waals surface area contributed by atoms with Crippen LogP contribution in [-0.4, -0.2) is 13.0 Å². The lowest BCUT2D eigenvalue weighted by Crippen LogP contribution is -3.06. The molecule has 0 aliphatic rings. The van der Waals surface area contributed by atoms with Crippen LogP contribution in [0.2, 0.25) is 0 Å². The van der Waals surface area contributed by atoms with Crippen molar-refractivity contribution in [3.63, 3.8) is 0 Å². The lowest BCUT2D eigenvalue weighted by Gasteiger charge is -2.12. The molecule has 1 N–H and O–H groups in total. The molecule has 0 aliphatic carbocycles. The third-order valence-electron chi connectivity index (χ3n) is 1.63. The zero-order chi connectivity index (χ0) is 9.14. The van der Waals surface area contributed by atoms with Crippen molar-refractivity contribution < 1.29 is 9.86 Å². The van der Waals surface area contributed by atoms with Crippen LogP contribution < -0.4 is 5.06 Å². The highest BCUT2D eigenvalue weighted by Gasteiger charge is 2.08. The summed E-state index contributed by atoms with van der Waals surface area (Å²) in [5.74, 6) is -0.421. The summed E-state index contributed by atoms with van der Waals surface area (Å²) in [7, 11) is 1.28. The van der Waals surface area contributed by atoms with Crippen molar-refractivity contribution >= 4 is 5.91 Å². The molecule has 64 valence electrons. The maximum Gasteiger partial charge on any atom is 0.343 e. The van der Waals surface area contributed by atoms with Crippen LogP contribution in [0.1, 0.15) is 15.9 Å². The molecule has 1 amide bonds. The van der Waals surface area contributed by atoms with E-state index in [2.05, 4.69) is 0 Å². The average Bonchev–Trinajstić information content (AvgIpc) is 2.04. The number of benzene rings is 1. The summed E-state index contributed by atoms with van der Waals surface area (Å²) < 4.78 is 0. The minimum absolute atomic E-state index is 0.418. The number of hydroxylamine groups is 2. The second-order valence-electron chi connectivity index (χ2n) is 2.75. The molecule has 1 unspecified atom stereocenters. The summed E-state index contributed by atoms with van der Waals surface area (Å²) in [5, 5.41) is 10.3. The van der Waals surface area contributed by atoms with Gasteiger partial charge in [0.15, 0.2) is 0 Å². The number of amides is 1. The lowest BCUT2D eigenvalue weighted by molar-refractivity contribution is -0.732. The molecule has 3 nitrogen and oxygen atoms in total. The van der Waals surface area contributed by atoms with E-state index < -0.39 is 11.0 Å². The van der Waals surface area contributed by atoms with Gasteiger partial charge in [-0.3, -0.25) is 0 Å². The van der Waals surface area contributed by atoms with E-state index in [0.29, 0.717) is 5.56 Å². The first-order valence-corrected chi connectivity index (χ1v) is 3.73. The predicted molar refractivity (Wildman–Crippen MR) is 45.8 cm³/mol. The Kier molecular flexibility index (Phi) is 2.58. The Morgan fingerprint density at radius 3 is 2.25 bits per heavy atom. The van der Waals surface area contributed by atoms with Gasteiger partial charge in [-0.15, -0.1) is 0 Å². The number of quaternary nitrogens is 1. The monoisotopic (exact) mass is 165 g/mol. The highest BCUT2D eigenvalue weighted by Crippen LogP contribution is 2.00. The van der Waals surface area contributed by atoms with Gasteiger partial charge in [-0.05, 0) is 19.1 Å². The lowest BCUT2D eigenvalue weighted by atomic mass is 10.1. The maximum atomic E-state index is 11.1. The quantitative estimate of drug-likeness (QED) is 0.602. The fourth-order valence-corrected chi connectivity index (χ4v) is 0.908. The summed E-state index contributed by atoms with van der Waals surface area (Å²) in [4.78, 5) is 11.1. The number of carbonyl (C=O) groups excluding carboxylic acids is 1. The molecule has 0 radical (unpaired) electrons. The summed E-state index contributed by atoms with van der Waals surface area (Å²) in [5.41, 5.74) is 1.54. The van der Waals surface area contributed by atoms with Crippen molar-refractivity contribution in [3.8, 4) is 0 Å². The first-order valence-electron chi connectivity index (χ1n) is 3.73. The number of hydrogen-bond donors (Lipinski definition) is 1. The molecule has 0 aromatic heterocycles. The third-order valence-corrected chi connectivity index (χ3v) is 1.63. The van der Waals surface area contributed by atoms with Gasteiger partial charge in [0.1, 0.15) is 0 Å². The summed E-state index contributed by atoms with van der Waals surface area (Å²) in [6, 6.07) is 6.96. The molecule has 0 bridgehead atoms. The Hall–Kier alpha value is -1.19. The Bertz CT molecular complexity index is 277. The Balaban J connectivity index is 2.90. The molecule has 0 saturated carbocycles. The predicted octanol–water partition coefficient (Wildman–Crippen LogP) is 0.148. The van der Waals surface area contributed by atoms with Crippen LogP contribution in [0, 0.1) is 12.1 Å². The summed E-state index contributed by atoms with van der Waals surface area (Å²) in [6.45, 7) is 1.93. The van der Waals surface area contributed by atoms with Gasteiger partial charge in [-0.2, -0.15) is 0 Å². The van der Waals surface area contributed by atoms with Crippen LogP contribution in [0.5, 0.6) is 0 Å². The van der Waals surface area contributed by atoms with E-state index in [1.165, 1.54) is 7.05 Å². The number of carbonyl (C=O) groups is 1. The minimum Gasteiger partial charge on any atom is -0.627 e. The van der Waals surface area contributed by atoms with Gasteiger partial charge in [-0.1, -0.05) is 17.7 Å². The van der Waals surface area contributed by atoms with E-state index in [-0.39, 0.29) is 0 Å². The highest BCUT2D eigenvalue weighted by atomic mass is 16.5. The highest BCUT2D eigenvalue weighted by molar-refractivity contribution is 5.87. The number of rotatable bonds is 1. The van der Waals surface area contributed by atoms with Gasteiger partial charge in [-0.25, -0.2) is 4.79 Å². The van der Waals surface area contributed by atoms with E-state index in [4.69, 9.17) is 0 Å². The van der Waals surface area contributed by atoms with Crippen LogP contribution in [0.3, 0.4) is 0 Å². The number of aryl methyl sites for hydroxylation is 1. The zero-order valence-corrected chi connectivity index (χ0v) is 7.13. The fraction of sp³-hybridized carbons (Fsp3) is 0.222. The largest absolute Gasteiger partial charge is 0.627 e. The number of nitrogens with one attached hydrogen (secondary N) is 1. The normalized spacial score (nSPS) is 12.6. The molecular formula is C9H11NO2. The Labute approximate surface area is 71.2 Å². The second-order valence-corrected chi connectivity index (χ2v) is 2.75. The van der Waals surface area contributed by atoms with Gasteiger partial charge < -0.3 is 10.3 Å². The van der Waals surface area contributed by atoms with Gasteiger partial charge in [0.05, 0.1) is 12.6 Å². The molecule has 12 heavy (non-hydrogen) atoms. The standard InChI is InChI=1S/C9H11NO2/c1-7-3-5-8(6-4-7)9(11)10(2)12/h3-6,10H,1-2H3. The summed E-state index contributed by atoms with van der Waals surface area (Å²) in [6.07, 6.45) is 0. The first kappa shape index (κ1) is 8.90. The van der Waals surface area contributed by atoms with Gasteiger partial charge >= 0.3 is 5.91 Å². The molecule has 0 heterocycles. The Morgan fingerprint density at radius 2 is 1.83 bits per heavy atom. The average molecular weight is 165 g/mol. The third kappa shape index (κ3) is 1.90. The van der Waals surface area contributed by atoms with Crippen molar-refractivity contribution in [3.05, 3.63) is 40.6 Å². The molecule has 3 heteroatoms. The SMILES string of the molecule is Cc1ccc(C(=O)[NH+](C)[O-])cc1. The van der Waals surface area contributed by atoms with Crippen molar-refractivity contribution in [2.45, 2.75) is 6.92 Å². The molecule has 1 rings (SSSR count). The molecule has 1 atom stereocenters. The van der Waals surface area contributed by atoms with Crippen molar-refractivity contribution in [2.75, 3.05) is 7.05 Å². The van der Waals surface area contributed by atoms with E-state index >= 15 is 0 Å². The molecular weight excluding hydrogens is 154 g/mol. The van der Waals surface area contributed by atoms with Crippen molar-refractivity contribution in [1.29, 1.82) is 0 Å². The molecule has 1 aromatic carbocycles. The molecule has 0 aliphatic heterocycles. The van der Waals surface area contributed by atoms with Crippen LogP contribution >= 0.6 is 0 Å². The molecule has 0 saturated heterocycles. The van der Waals surface area contributed by atoms with Crippen LogP contribution in [-0.2, 0) is 0 Å². The maximum absolute atomic E-state index is 11.1. The van der Waals surface area contributed by atoms with Gasteiger partial charge in [0.2, 0.25) is 0 Å². The first-order chi connectivity index (χ1) is 5.61. The van der Waals surface area contributed by atoms with E-state index in [1.807, 2.05) is 19.1 Å². The van der Waals surface area contributed by atoms with E-state index in [9.17, 15) is 10.0 Å². The van der Waals surface area contributed by atoms with E-state index in [1.54, 1.807) is 12.1 Å². The van der Waals surface area contributed by atoms with Crippen LogP contribution in [0.15, 0.2) is 24.3 Å². The topological polar surface area (TPSA) is 44.6 Å². The van der Waals surface area contributed by atoms with Gasteiger partial charge in [0, 0.05) is 0 Å². The van der Waals surface area contributed by atoms with E-state index in [0.717, 1.165) is 5.56 Å². The van der Waals surface area contributed by atoms with Crippen molar-refractivity contribution in [2.24, 2.45) is 0 Å². The molecule has 0 spiro atoms. The Morgan fingerprint density at radius 1 is 1.33 bits per heavy atom. The van der Waals surface area contributed by atoms with Crippen LogP contribution in [0.25, 0.3) is 0 Å². The second kappa shape index (κ2) is 3.47. The van der Waals surface area contributed by atoms with Crippen LogP contribution in [0.4, 0.5) is 0 Å². The molecule has 1 aromatic rings. The van der Waals surface area contributed by atoms with Crippen molar-refractivity contribution in [1.82, 2.24) is 0 Å². The minimum atomic E-state index is -0.421. The smallest absolute Gasteiger partial charge is 0.343 e. The molecule has 0 fully saturated rings. The fourth-order valence-electron chi connectivity index (χ4n) is 0.908. The summed E-state index contributed by atoms with van der Waals surface area (Å²) >= 11 is 0. The zero-order valence-electron chi connectivity index (χ0n) is 7.13.